The number of benzene rings is 1. The minimum atomic E-state index is -1.22. The van der Waals surface area contributed by atoms with Crippen molar-refractivity contribution in [2.75, 3.05) is 5.75 Å². The minimum absolute atomic E-state index is 0.148. The number of H-pyrrole nitrogens is 1. The minimum Gasteiger partial charge on any atom is -0.370 e. The number of carbonyl (C=O) groups is 4. The molecule has 0 aliphatic rings. The van der Waals surface area contributed by atoms with E-state index < -0.39 is 42.1 Å². The van der Waals surface area contributed by atoms with E-state index >= 15 is 0 Å². The molecule has 4 amide bonds. The van der Waals surface area contributed by atoms with E-state index in [-0.39, 0.29) is 12.2 Å². The third kappa shape index (κ3) is 5.48. The second kappa shape index (κ2) is 9.08. The van der Waals surface area contributed by atoms with Crippen LogP contribution in [0.25, 0.3) is 10.9 Å². The fourth-order valence-electron chi connectivity index (χ4n) is 2.67. The molecule has 0 saturated heterocycles. The molecule has 0 spiro atoms. The van der Waals surface area contributed by atoms with Gasteiger partial charge in [-0.25, -0.2) is 0 Å². The Morgan fingerprint density at radius 3 is 2.41 bits per heavy atom. The lowest BCUT2D eigenvalue weighted by molar-refractivity contribution is -0.132. The van der Waals surface area contributed by atoms with Crippen LogP contribution in [0.4, 0.5) is 0 Å². The molecule has 144 valence electrons. The smallest absolute Gasteiger partial charge is 0.243 e. The number of hydrogen-bond acceptors (Lipinski definition) is 5. The highest BCUT2D eigenvalue weighted by atomic mass is 32.1. The first-order valence-electron chi connectivity index (χ1n) is 8.15. The van der Waals surface area contributed by atoms with E-state index in [4.69, 9.17) is 11.5 Å². The van der Waals surface area contributed by atoms with Crippen molar-refractivity contribution in [3.63, 3.8) is 0 Å². The Hall–Kier alpha value is -3.01. The Morgan fingerprint density at radius 1 is 1.07 bits per heavy atom. The summed E-state index contributed by atoms with van der Waals surface area (Å²) < 4.78 is 0. The summed E-state index contributed by atoms with van der Waals surface area (Å²) in [6.07, 6.45) is 1.47. The van der Waals surface area contributed by atoms with Crippen LogP contribution >= 0.6 is 12.6 Å². The summed E-state index contributed by atoms with van der Waals surface area (Å²) in [6.45, 7) is 0. The molecule has 2 aromatic rings. The Balaban J connectivity index is 2.15. The number of rotatable bonds is 9. The maximum atomic E-state index is 12.5. The molecule has 1 heterocycles. The number of aromatic amines is 1. The average Bonchev–Trinajstić information content (AvgIpc) is 3.03. The summed E-state index contributed by atoms with van der Waals surface area (Å²) in [5, 5.41) is 5.72. The Bertz CT molecular complexity index is 866. The van der Waals surface area contributed by atoms with Crippen LogP contribution in [-0.4, -0.2) is 46.4 Å². The van der Waals surface area contributed by atoms with Gasteiger partial charge in [0.1, 0.15) is 12.1 Å². The number of nitrogens with two attached hydrogens (primary N) is 2. The summed E-state index contributed by atoms with van der Waals surface area (Å²) in [5.74, 6) is -2.97. The molecule has 0 saturated carbocycles. The van der Waals surface area contributed by atoms with E-state index in [0.717, 1.165) is 16.5 Å². The Morgan fingerprint density at radius 2 is 1.78 bits per heavy atom. The van der Waals surface area contributed by atoms with Gasteiger partial charge < -0.3 is 27.1 Å². The van der Waals surface area contributed by atoms with Gasteiger partial charge in [0.25, 0.3) is 0 Å². The predicted octanol–water partition coefficient (Wildman–Crippen LogP) is -1.03. The van der Waals surface area contributed by atoms with E-state index in [0.29, 0.717) is 0 Å². The number of fused-ring (bicyclic) bond motifs is 1. The van der Waals surface area contributed by atoms with Crippen LogP contribution < -0.4 is 22.1 Å². The molecule has 1 aromatic carbocycles. The number of carbonyl (C=O) groups excluding carboxylic acids is 4. The number of para-hydroxylation sites is 1. The Labute approximate surface area is 160 Å². The molecule has 0 fully saturated rings. The zero-order valence-corrected chi connectivity index (χ0v) is 15.3. The molecule has 0 aliphatic heterocycles. The second-order valence-electron chi connectivity index (χ2n) is 5.98. The van der Waals surface area contributed by atoms with Crippen LogP contribution in [0.5, 0.6) is 0 Å². The number of aromatic nitrogens is 1. The van der Waals surface area contributed by atoms with Gasteiger partial charge in [-0.2, -0.15) is 12.6 Å². The number of hydrogen-bond donors (Lipinski definition) is 6. The molecule has 9 nitrogen and oxygen atoms in total. The van der Waals surface area contributed by atoms with Crippen LogP contribution in [0.2, 0.25) is 0 Å². The third-order valence-electron chi connectivity index (χ3n) is 3.96. The SMILES string of the molecule is NC(=O)C[C@H](NC(=O)CS)C(=O)N[C@@H](Cc1c[nH]c2ccccc12)C(N)=O. The lowest BCUT2D eigenvalue weighted by atomic mass is 10.0. The van der Waals surface area contributed by atoms with Crippen molar-refractivity contribution < 1.29 is 19.2 Å². The molecular formula is C17H21N5O4S. The van der Waals surface area contributed by atoms with Crippen LogP contribution in [0, 0.1) is 0 Å². The summed E-state index contributed by atoms with van der Waals surface area (Å²) >= 11 is 3.81. The maximum Gasteiger partial charge on any atom is 0.243 e. The monoisotopic (exact) mass is 391 g/mol. The molecule has 0 radical (unpaired) electrons. The zero-order valence-electron chi connectivity index (χ0n) is 14.4. The first-order valence-corrected chi connectivity index (χ1v) is 8.78. The van der Waals surface area contributed by atoms with Crippen LogP contribution in [0.15, 0.2) is 30.5 Å². The maximum absolute atomic E-state index is 12.5. The molecule has 7 N–H and O–H groups in total. The lowest BCUT2D eigenvalue weighted by Crippen LogP contribution is -2.54. The van der Waals surface area contributed by atoms with E-state index in [2.05, 4.69) is 28.2 Å². The standard InChI is InChI=1S/C17H21N5O4S/c18-14(23)6-13(21-15(24)8-27)17(26)22-12(16(19)25)5-9-7-20-11-4-2-1-3-10(9)11/h1-4,7,12-13,20,27H,5-6,8H2,(H2,18,23)(H2,19,25)(H,21,24)(H,22,26)/t12-,13-/m0/s1. The van der Waals surface area contributed by atoms with Gasteiger partial charge >= 0.3 is 0 Å². The molecule has 2 rings (SSSR count). The summed E-state index contributed by atoms with van der Waals surface area (Å²) in [4.78, 5) is 50.1. The summed E-state index contributed by atoms with van der Waals surface area (Å²) in [7, 11) is 0. The predicted molar refractivity (Wildman–Crippen MR) is 103 cm³/mol. The van der Waals surface area contributed by atoms with E-state index in [9.17, 15) is 19.2 Å². The normalized spacial score (nSPS) is 12.9. The van der Waals surface area contributed by atoms with Crippen LogP contribution in [-0.2, 0) is 25.6 Å². The number of primary amides is 2. The molecule has 0 aliphatic carbocycles. The number of thiol groups is 1. The first kappa shape index (κ1) is 20.3. The van der Waals surface area contributed by atoms with Gasteiger partial charge in [0.15, 0.2) is 0 Å². The quantitative estimate of drug-likeness (QED) is 0.302. The number of amides is 4. The van der Waals surface area contributed by atoms with Crippen molar-refractivity contribution in [3.05, 3.63) is 36.0 Å². The van der Waals surface area contributed by atoms with Crippen molar-refractivity contribution in [1.29, 1.82) is 0 Å². The van der Waals surface area contributed by atoms with Crippen LogP contribution in [0.3, 0.4) is 0 Å². The molecule has 27 heavy (non-hydrogen) atoms. The van der Waals surface area contributed by atoms with E-state index in [1.807, 2.05) is 24.3 Å². The lowest BCUT2D eigenvalue weighted by Gasteiger charge is -2.21. The van der Waals surface area contributed by atoms with Gasteiger partial charge in [-0.3, -0.25) is 19.2 Å². The summed E-state index contributed by atoms with van der Waals surface area (Å²) in [6, 6.07) is 5.24. The highest BCUT2D eigenvalue weighted by molar-refractivity contribution is 7.81. The fourth-order valence-corrected chi connectivity index (χ4v) is 2.76. The van der Waals surface area contributed by atoms with Crippen molar-refractivity contribution in [2.24, 2.45) is 11.5 Å². The molecule has 0 unspecified atom stereocenters. The van der Waals surface area contributed by atoms with Crippen molar-refractivity contribution in [1.82, 2.24) is 15.6 Å². The highest BCUT2D eigenvalue weighted by Gasteiger charge is 2.27. The molecular weight excluding hydrogens is 370 g/mol. The third-order valence-corrected chi connectivity index (χ3v) is 4.25. The van der Waals surface area contributed by atoms with Gasteiger partial charge in [-0.15, -0.1) is 0 Å². The largest absolute Gasteiger partial charge is 0.370 e. The van der Waals surface area contributed by atoms with E-state index in [1.54, 1.807) is 6.20 Å². The second-order valence-corrected chi connectivity index (χ2v) is 6.29. The molecule has 0 bridgehead atoms. The van der Waals surface area contributed by atoms with Crippen molar-refractivity contribution in [2.45, 2.75) is 24.9 Å². The highest BCUT2D eigenvalue weighted by Crippen LogP contribution is 2.19. The average molecular weight is 391 g/mol. The number of nitrogens with one attached hydrogen (secondary N) is 3. The zero-order chi connectivity index (χ0) is 20.0. The van der Waals surface area contributed by atoms with Gasteiger partial charge in [-0.1, -0.05) is 18.2 Å². The fraction of sp³-hybridized carbons (Fsp3) is 0.294. The molecule has 10 heteroatoms. The van der Waals surface area contributed by atoms with Gasteiger partial charge in [0.2, 0.25) is 23.6 Å². The van der Waals surface area contributed by atoms with Crippen molar-refractivity contribution >= 4 is 47.2 Å². The van der Waals surface area contributed by atoms with Gasteiger partial charge in [0.05, 0.1) is 12.2 Å². The summed E-state index contributed by atoms with van der Waals surface area (Å²) in [5.41, 5.74) is 12.2. The van der Waals surface area contributed by atoms with Crippen LogP contribution in [0.1, 0.15) is 12.0 Å². The van der Waals surface area contributed by atoms with E-state index in [1.165, 1.54) is 0 Å². The van der Waals surface area contributed by atoms with Gasteiger partial charge in [-0.05, 0) is 11.6 Å². The Kier molecular flexibility index (Phi) is 6.83. The topological polar surface area (TPSA) is 160 Å². The van der Waals surface area contributed by atoms with Crippen molar-refractivity contribution in [3.8, 4) is 0 Å². The molecule has 1 aromatic heterocycles. The first-order chi connectivity index (χ1) is 12.8. The molecule has 2 atom stereocenters. The van der Waals surface area contributed by atoms with Gasteiger partial charge in [0, 0.05) is 23.5 Å².